The SMILES string of the molecule is CCNC(=NCc1ccccc1S(=O)(=O)N(C)C)NCCCOCC1CCCO1.I. The highest BCUT2D eigenvalue weighted by atomic mass is 127. The summed E-state index contributed by atoms with van der Waals surface area (Å²) in [7, 11) is -0.446. The zero-order valence-electron chi connectivity index (χ0n) is 18.1. The van der Waals surface area contributed by atoms with Crippen molar-refractivity contribution in [1.82, 2.24) is 14.9 Å². The maximum Gasteiger partial charge on any atom is 0.242 e. The van der Waals surface area contributed by atoms with Gasteiger partial charge in [-0.2, -0.15) is 0 Å². The van der Waals surface area contributed by atoms with Gasteiger partial charge in [-0.05, 0) is 37.8 Å². The van der Waals surface area contributed by atoms with Gasteiger partial charge in [0.2, 0.25) is 10.0 Å². The molecule has 0 radical (unpaired) electrons. The molecule has 0 bridgehead atoms. The van der Waals surface area contributed by atoms with Gasteiger partial charge in [0.1, 0.15) is 0 Å². The lowest BCUT2D eigenvalue weighted by Gasteiger charge is -2.15. The molecule has 0 aliphatic carbocycles. The van der Waals surface area contributed by atoms with Gasteiger partial charge in [0.05, 0.1) is 24.2 Å². The van der Waals surface area contributed by atoms with Gasteiger partial charge >= 0.3 is 0 Å². The Morgan fingerprint density at radius 1 is 1.30 bits per heavy atom. The predicted molar refractivity (Wildman–Crippen MR) is 130 cm³/mol. The number of rotatable bonds is 11. The predicted octanol–water partition coefficient (Wildman–Crippen LogP) is 2.20. The van der Waals surface area contributed by atoms with Crippen molar-refractivity contribution in [2.45, 2.75) is 43.7 Å². The molecule has 2 N–H and O–H groups in total. The van der Waals surface area contributed by atoms with Crippen LogP contribution in [-0.4, -0.2) is 71.8 Å². The lowest BCUT2D eigenvalue weighted by molar-refractivity contribution is 0.0168. The molecule has 2 rings (SSSR count). The van der Waals surface area contributed by atoms with E-state index in [0.29, 0.717) is 24.7 Å². The first-order chi connectivity index (χ1) is 13.9. The van der Waals surface area contributed by atoms with Gasteiger partial charge < -0.3 is 20.1 Å². The van der Waals surface area contributed by atoms with E-state index in [1.54, 1.807) is 18.2 Å². The molecule has 10 heteroatoms. The first kappa shape index (κ1) is 27.1. The highest BCUT2D eigenvalue weighted by Gasteiger charge is 2.20. The number of aliphatic imine (C=N–C) groups is 1. The highest BCUT2D eigenvalue weighted by Crippen LogP contribution is 2.19. The average molecular weight is 554 g/mol. The van der Waals surface area contributed by atoms with Crippen LogP contribution < -0.4 is 10.6 Å². The van der Waals surface area contributed by atoms with Crippen LogP contribution in [0.3, 0.4) is 0 Å². The fourth-order valence-electron chi connectivity index (χ4n) is 2.96. The second-order valence-electron chi connectivity index (χ2n) is 7.08. The van der Waals surface area contributed by atoms with Crippen molar-refractivity contribution in [3.05, 3.63) is 29.8 Å². The second-order valence-corrected chi connectivity index (χ2v) is 9.20. The minimum absolute atomic E-state index is 0. The van der Waals surface area contributed by atoms with E-state index in [-0.39, 0.29) is 41.5 Å². The molecule has 1 aromatic rings. The number of nitrogens with one attached hydrogen (secondary N) is 2. The first-order valence-corrected chi connectivity index (χ1v) is 11.6. The number of ether oxygens (including phenoxy) is 2. The quantitative estimate of drug-likeness (QED) is 0.189. The molecule has 30 heavy (non-hydrogen) atoms. The van der Waals surface area contributed by atoms with Crippen molar-refractivity contribution >= 4 is 40.0 Å². The van der Waals surface area contributed by atoms with Crippen molar-refractivity contribution in [3.8, 4) is 0 Å². The maximum absolute atomic E-state index is 12.5. The van der Waals surface area contributed by atoms with Crippen LogP contribution in [0.1, 0.15) is 31.7 Å². The van der Waals surface area contributed by atoms with Gasteiger partial charge in [0.15, 0.2) is 5.96 Å². The zero-order valence-corrected chi connectivity index (χ0v) is 21.2. The minimum atomic E-state index is -3.51. The molecule has 1 atom stereocenters. The van der Waals surface area contributed by atoms with Crippen LogP contribution in [0.2, 0.25) is 0 Å². The van der Waals surface area contributed by atoms with Crippen LogP contribution in [-0.2, 0) is 26.0 Å². The number of hydrogen-bond acceptors (Lipinski definition) is 5. The van der Waals surface area contributed by atoms with Crippen molar-refractivity contribution in [2.75, 3.05) is 47.0 Å². The van der Waals surface area contributed by atoms with Crippen LogP contribution in [0.5, 0.6) is 0 Å². The molecule has 1 heterocycles. The van der Waals surface area contributed by atoms with Crippen LogP contribution in [0, 0.1) is 0 Å². The van der Waals surface area contributed by atoms with Gasteiger partial charge in [-0.25, -0.2) is 17.7 Å². The van der Waals surface area contributed by atoms with E-state index in [1.807, 2.05) is 13.0 Å². The van der Waals surface area contributed by atoms with Crippen LogP contribution in [0.15, 0.2) is 34.2 Å². The summed E-state index contributed by atoms with van der Waals surface area (Å²) in [6.07, 6.45) is 3.31. The molecule has 1 aromatic carbocycles. The fraction of sp³-hybridized carbons (Fsp3) is 0.650. The largest absolute Gasteiger partial charge is 0.379 e. The smallest absolute Gasteiger partial charge is 0.242 e. The molecule has 1 aliphatic rings. The van der Waals surface area contributed by atoms with E-state index in [4.69, 9.17) is 9.47 Å². The van der Waals surface area contributed by atoms with Gasteiger partial charge in [-0.3, -0.25) is 0 Å². The van der Waals surface area contributed by atoms with Gasteiger partial charge in [0.25, 0.3) is 0 Å². The summed E-state index contributed by atoms with van der Waals surface area (Å²) in [4.78, 5) is 4.83. The number of hydrogen-bond donors (Lipinski definition) is 2. The summed E-state index contributed by atoms with van der Waals surface area (Å²) in [5, 5.41) is 6.46. The number of sulfonamides is 1. The third-order valence-electron chi connectivity index (χ3n) is 4.57. The van der Waals surface area contributed by atoms with E-state index in [2.05, 4.69) is 15.6 Å². The van der Waals surface area contributed by atoms with Crippen LogP contribution in [0.4, 0.5) is 0 Å². The molecular formula is C20H35IN4O4S. The van der Waals surface area contributed by atoms with Gasteiger partial charge in [-0.1, -0.05) is 18.2 Å². The van der Waals surface area contributed by atoms with Crippen molar-refractivity contribution in [3.63, 3.8) is 0 Å². The molecule has 0 saturated carbocycles. The summed E-state index contributed by atoms with van der Waals surface area (Å²) >= 11 is 0. The number of benzene rings is 1. The average Bonchev–Trinajstić information content (AvgIpc) is 3.22. The Bertz CT molecular complexity index is 753. The fourth-order valence-corrected chi connectivity index (χ4v) is 4.07. The molecule has 8 nitrogen and oxygen atoms in total. The molecule has 1 fully saturated rings. The Hall–Kier alpha value is -0.950. The van der Waals surface area contributed by atoms with E-state index in [0.717, 1.165) is 39.0 Å². The number of guanidine groups is 1. The van der Waals surface area contributed by atoms with Crippen LogP contribution >= 0.6 is 24.0 Å². The van der Waals surface area contributed by atoms with Crippen molar-refractivity contribution < 1.29 is 17.9 Å². The molecule has 0 spiro atoms. The summed E-state index contributed by atoms with van der Waals surface area (Å²) in [6, 6.07) is 6.96. The van der Waals surface area contributed by atoms with E-state index in [9.17, 15) is 8.42 Å². The summed E-state index contributed by atoms with van der Waals surface area (Å²) in [5.74, 6) is 0.656. The Kier molecular flexibility index (Phi) is 12.8. The normalized spacial score (nSPS) is 17.1. The molecule has 1 saturated heterocycles. The summed E-state index contributed by atoms with van der Waals surface area (Å²) < 4.78 is 37.5. The van der Waals surface area contributed by atoms with Gasteiger partial charge in [-0.15, -0.1) is 24.0 Å². The molecule has 0 amide bonds. The Labute approximate surface area is 197 Å². The van der Waals surface area contributed by atoms with Crippen molar-refractivity contribution in [1.29, 1.82) is 0 Å². The van der Waals surface area contributed by atoms with E-state index < -0.39 is 10.0 Å². The monoisotopic (exact) mass is 554 g/mol. The third-order valence-corrected chi connectivity index (χ3v) is 6.48. The Morgan fingerprint density at radius 2 is 2.07 bits per heavy atom. The second kappa shape index (κ2) is 14.2. The number of nitrogens with zero attached hydrogens (tertiary/aromatic N) is 2. The summed E-state index contributed by atoms with van der Waals surface area (Å²) in [6.45, 7) is 5.87. The first-order valence-electron chi connectivity index (χ1n) is 10.2. The molecule has 1 aliphatic heterocycles. The molecule has 172 valence electrons. The lowest BCUT2D eigenvalue weighted by Crippen LogP contribution is -2.38. The van der Waals surface area contributed by atoms with E-state index in [1.165, 1.54) is 18.4 Å². The van der Waals surface area contributed by atoms with Gasteiger partial charge in [0, 0.05) is 40.4 Å². The number of halogens is 1. The molecule has 1 unspecified atom stereocenters. The standard InChI is InChI=1S/C20H34N4O4S.HI/c1-4-21-20(22-12-8-13-27-16-18-10-7-14-28-18)23-15-17-9-5-6-11-19(17)29(25,26)24(2)3;/h5-6,9,11,18H,4,7-8,10,12-16H2,1-3H3,(H2,21,22,23);1H. The lowest BCUT2D eigenvalue weighted by atomic mass is 10.2. The highest BCUT2D eigenvalue weighted by molar-refractivity contribution is 14.0. The Morgan fingerprint density at radius 3 is 2.73 bits per heavy atom. The van der Waals surface area contributed by atoms with Crippen LogP contribution in [0.25, 0.3) is 0 Å². The third kappa shape index (κ3) is 8.66. The van der Waals surface area contributed by atoms with Crippen molar-refractivity contribution in [2.24, 2.45) is 4.99 Å². The zero-order chi connectivity index (χ0) is 21.1. The minimum Gasteiger partial charge on any atom is -0.379 e. The topological polar surface area (TPSA) is 92.3 Å². The molecular weight excluding hydrogens is 519 g/mol. The molecule has 0 aromatic heterocycles. The maximum atomic E-state index is 12.5. The van der Waals surface area contributed by atoms with E-state index >= 15 is 0 Å². The Balaban J connectivity index is 0.00000450. The summed E-state index contributed by atoms with van der Waals surface area (Å²) in [5.41, 5.74) is 0.665.